The Morgan fingerprint density at radius 2 is 1.49 bits per heavy atom. The highest BCUT2D eigenvalue weighted by molar-refractivity contribution is 6.35. The Morgan fingerprint density at radius 1 is 0.919 bits per heavy atom. The van der Waals surface area contributed by atoms with Crippen molar-refractivity contribution in [2.24, 2.45) is 0 Å². The summed E-state index contributed by atoms with van der Waals surface area (Å²) in [5.74, 6) is 0.771. The Bertz CT molecular complexity index is 1110. The lowest BCUT2D eigenvalue weighted by atomic mass is 9.79. The number of carbonyl (C=O) groups is 1. The van der Waals surface area contributed by atoms with Crippen LogP contribution in [-0.2, 0) is 9.45 Å². The lowest BCUT2D eigenvalue weighted by molar-refractivity contribution is -0.114. The molecule has 0 bridgehead atoms. The topological polar surface area (TPSA) is 44.8 Å². The molecule has 0 aromatic heterocycles. The van der Waals surface area contributed by atoms with Crippen LogP contribution in [-0.4, -0.2) is 26.5 Å². The second kappa shape index (κ2) is 14.4. The molecule has 0 heterocycles. The summed E-state index contributed by atoms with van der Waals surface area (Å²) in [5.41, 5.74) is 2.84. The first-order valence-electron chi connectivity index (χ1n) is 13.0. The maximum atomic E-state index is 13.3. The quantitative estimate of drug-likeness (QED) is 0.192. The zero-order chi connectivity index (χ0) is 26.6. The van der Waals surface area contributed by atoms with E-state index < -0.39 is 13.4 Å². The van der Waals surface area contributed by atoms with Crippen molar-refractivity contribution < 1.29 is 27.6 Å². The van der Waals surface area contributed by atoms with Crippen molar-refractivity contribution in [3.05, 3.63) is 88.7 Å². The molecular formula is C30H35BF2O4. The van der Waals surface area contributed by atoms with Crippen LogP contribution >= 0.6 is 0 Å². The summed E-state index contributed by atoms with van der Waals surface area (Å²) in [6.07, 6.45) is 9.91. The number of rotatable bonds is 14. The third-order valence-electron chi connectivity index (χ3n) is 6.15. The minimum atomic E-state index is -3.03. The van der Waals surface area contributed by atoms with E-state index in [0.29, 0.717) is 19.6 Å². The van der Waals surface area contributed by atoms with Gasteiger partial charge in [0.15, 0.2) is 5.78 Å². The van der Waals surface area contributed by atoms with Crippen molar-refractivity contribution in [2.75, 3.05) is 13.2 Å². The minimum Gasteiger partial charge on any atom is -0.505 e. The maximum absolute atomic E-state index is 13.3. The van der Waals surface area contributed by atoms with E-state index in [2.05, 4.69) is 13.8 Å². The van der Waals surface area contributed by atoms with Gasteiger partial charge in [0, 0.05) is 11.5 Å². The molecule has 0 saturated heterocycles. The van der Waals surface area contributed by atoms with Gasteiger partial charge in [0.05, 0.1) is 13.2 Å². The fourth-order valence-corrected chi connectivity index (χ4v) is 4.17. The summed E-state index contributed by atoms with van der Waals surface area (Å²) in [7, 11) is -3.03. The number of ether oxygens (including phenoxy) is 2. The van der Waals surface area contributed by atoms with E-state index in [1.807, 2.05) is 60.7 Å². The average Bonchev–Trinajstić information content (AvgIpc) is 2.88. The van der Waals surface area contributed by atoms with Crippen molar-refractivity contribution >= 4 is 19.3 Å². The average molecular weight is 508 g/mol. The van der Waals surface area contributed by atoms with Gasteiger partial charge >= 0.3 is 7.47 Å². The second-order valence-corrected chi connectivity index (χ2v) is 9.06. The zero-order valence-corrected chi connectivity index (χ0v) is 21.8. The van der Waals surface area contributed by atoms with Gasteiger partial charge in [-0.05, 0) is 73.2 Å². The molecule has 0 radical (unpaired) electrons. The summed E-state index contributed by atoms with van der Waals surface area (Å²) in [4.78, 5) is 12.6. The predicted octanol–water partition coefficient (Wildman–Crippen LogP) is 7.96. The number of benzene rings is 2. The summed E-state index contributed by atoms with van der Waals surface area (Å²) in [6, 6.07) is 15.2. The molecule has 0 amide bonds. The SMILES string of the molecule is CCCCOc1ccc(/C=C/C2=CC(OB(F)F)=C(C(C)=O)C(c3ccc(OCCCC)cc3)C2)cc1. The molecule has 1 atom stereocenters. The van der Waals surface area contributed by atoms with Crippen molar-refractivity contribution in [3.8, 4) is 11.5 Å². The molecule has 0 saturated carbocycles. The highest BCUT2D eigenvalue weighted by atomic mass is 19.2. The van der Waals surface area contributed by atoms with E-state index in [1.165, 1.54) is 6.92 Å². The smallest absolute Gasteiger partial charge is 0.505 e. The maximum Gasteiger partial charge on any atom is 0.796 e. The third kappa shape index (κ3) is 8.62. The molecule has 0 spiro atoms. The van der Waals surface area contributed by atoms with Gasteiger partial charge in [0.1, 0.15) is 17.3 Å². The molecule has 0 N–H and O–H groups in total. The molecule has 0 aliphatic heterocycles. The second-order valence-electron chi connectivity index (χ2n) is 9.06. The standard InChI is InChI=1S/C30H35BF2O4/c1-4-6-18-35-26-14-10-23(11-15-26)8-9-24-20-28(30(22(3)34)29(21-24)37-31(32)33)25-12-16-27(17-13-25)36-19-7-5-2/h8-17,21,28H,4-7,18-20H2,1-3H3/b9-8+. The fourth-order valence-electron chi connectivity index (χ4n) is 4.17. The molecule has 1 unspecified atom stereocenters. The first-order chi connectivity index (χ1) is 17.9. The molecule has 1 aliphatic carbocycles. The van der Waals surface area contributed by atoms with E-state index in [1.54, 1.807) is 6.08 Å². The van der Waals surface area contributed by atoms with Gasteiger partial charge in [-0.15, -0.1) is 0 Å². The highest BCUT2D eigenvalue weighted by Crippen LogP contribution is 2.39. The van der Waals surface area contributed by atoms with E-state index in [-0.39, 0.29) is 17.1 Å². The minimum absolute atomic E-state index is 0.0821. The number of halogens is 2. The van der Waals surface area contributed by atoms with E-state index >= 15 is 0 Å². The van der Waals surface area contributed by atoms with Gasteiger partial charge in [-0.3, -0.25) is 4.79 Å². The first kappa shape index (κ1) is 28.2. The van der Waals surface area contributed by atoms with Crippen molar-refractivity contribution in [1.29, 1.82) is 0 Å². The van der Waals surface area contributed by atoms with Crippen LogP contribution in [0.25, 0.3) is 6.08 Å². The summed E-state index contributed by atoms with van der Waals surface area (Å²) in [6.45, 7) is 6.92. The van der Waals surface area contributed by atoms with Crippen LogP contribution in [0.15, 0.2) is 77.6 Å². The molecule has 3 rings (SSSR count). The van der Waals surface area contributed by atoms with Crippen LogP contribution in [0.5, 0.6) is 11.5 Å². The Balaban J connectivity index is 1.84. The van der Waals surface area contributed by atoms with Crippen LogP contribution in [0.1, 0.15) is 69.9 Å². The Labute approximate surface area is 219 Å². The van der Waals surface area contributed by atoms with Gasteiger partial charge < -0.3 is 14.1 Å². The van der Waals surface area contributed by atoms with Crippen LogP contribution < -0.4 is 9.47 Å². The van der Waals surface area contributed by atoms with Crippen LogP contribution in [0, 0.1) is 0 Å². The lowest BCUT2D eigenvalue weighted by Gasteiger charge is -2.27. The molecule has 2 aromatic rings. The number of hydrogen-bond acceptors (Lipinski definition) is 4. The molecular weight excluding hydrogens is 473 g/mol. The summed E-state index contributed by atoms with van der Waals surface area (Å²) < 4.78 is 42.8. The van der Waals surface area contributed by atoms with E-state index in [4.69, 9.17) is 14.1 Å². The predicted molar refractivity (Wildman–Crippen MR) is 145 cm³/mol. The van der Waals surface area contributed by atoms with E-state index in [9.17, 15) is 13.4 Å². The van der Waals surface area contributed by atoms with Crippen LogP contribution in [0.4, 0.5) is 8.63 Å². The molecule has 4 nitrogen and oxygen atoms in total. The molecule has 37 heavy (non-hydrogen) atoms. The molecule has 196 valence electrons. The largest absolute Gasteiger partial charge is 0.796 e. The van der Waals surface area contributed by atoms with Gasteiger partial charge in [-0.1, -0.05) is 63.1 Å². The number of carbonyl (C=O) groups excluding carboxylic acids is 1. The summed E-state index contributed by atoms with van der Waals surface area (Å²) >= 11 is 0. The Morgan fingerprint density at radius 3 is 2.00 bits per heavy atom. The van der Waals surface area contributed by atoms with Crippen molar-refractivity contribution in [2.45, 2.75) is 58.8 Å². The molecule has 2 aromatic carbocycles. The molecule has 7 heteroatoms. The van der Waals surface area contributed by atoms with Crippen molar-refractivity contribution in [1.82, 2.24) is 0 Å². The van der Waals surface area contributed by atoms with Crippen LogP contribution in [0.2, 0.25) is 0 Å². The highest BCUT2D eigenvalue weighted by Gasteiger charge is 2.31. The van der Waals surface area contributed by atoms with Gasteiger partial charge in [-0.25, -0.2) is 8.63 Å². The number of allylic oxidation sites excluding steroid dienone is 4. The molecule has 0 fully saturated rings. The normalized spacial score (nSPS) is 15.5. The third-order valence-corrected chi connectivity index (χ3v) is 6.15. The fraction of sp³-hybridized carbons (Fsp3) is 0.367. The van der Waals surface area contributed by atoms with Crippen molar-refractivity contribution in [3.63, 3.8) is 0 Å². The zero-order valence-electron chi connectivity index (χ0n) is 21.8. The number of Topliss-reactive ketones (excluding diaryl/α,β-unsaturated/α-hetero) is 1. The van der Waals surface area contributed by atoms with Gasteiger partial charge in [0.25, 0.3) is 0 Å². The summed E-state index contributed by atoms with van der Waals surface area (Å²) in [5, 5.41) is 0. The van der Waals surface area contributed by atoms with Crippen LogP contribution in [0.3, 0.4) is 0 Å². The van der Waals surface area contributed by atoms with E-state index in [0.717, 1.165) is 53.9 Å². The molecule has 1 aliphatic rings. The monoisotopic (exact) mass is 508 g/mol. The van der Waals surface area contributed by atoms with Gasteiger partial charge in [-0.2, -0.15) is 0 Å². The number of ketones is 1. The lowest BCUT2D eigenvalue weighted by Crippen LogP contribution is -2.19. The Hall–Kier alpha value is -3.35. The van der Waals surface area contributed by atoms with Gasteiger partial charge in [0.2, 0.25) is 0 Å². The first-order valence-corrected chi connectivity index (χ1v) is 13.0. The number of hydrogen-bond donors (Lipinski definition) is 0. The number of unbranched alkanes of at least 4 members (excludes halogenated alkanes) is 2. The Kier molecular flexibility index (Phi) is 11.0.